The number of carboxylic acid groups (broad SMARTS) is 1. The van der Waals surface area contributed by atoms with Crippen LogP contribution in [0.25, 0.3) is 0 Å². The number of benzene rings is 2. The lowest BCUT2D eigenvalue weighted by atomic mass is 9.96. The van der Waals surface area contributed by atoms with Crippen molar-refractivity contribution in [3.63, 3.8) is 0 Å². The average molecular weight is 416 g/mol. The SMILES string of the molecule is N#Cc1cccc2c1N[C@@H]([C@H](NCCc1ccc(CC(=O)O)o1)c1ccccc1)CN2. The molecule has 0 fully saturated rings. The van der Waals surface area contributed by atoms with Crippen molar-refractivity contribution in [2.45, 2.75) is 24.9 Å². The number of carbonyl (C=O) groups is 1. The second kappa shape index (κ2) is 9.37. The Kier molecular flexibility index (Phi) is 6.20. The molecule has 4 N–H and O–H groups in total. The number of nitrogens with zero attached hydrogens (tertiary/aromatic N) is 1. The summed E-state index contributed by atoms with van der Waals surface area (Å²) in [7, 11) is 0. The number of aliphatic carboxylic acids is 1. The number of rotatable bonds is 8. The van der Waals surface area contributed by atoms with Gasteiger partial charge in [0.05, 0.1) is 29.0 Å². The van der Waals surface area contributed by atoms with E-state index in [2.05, 4.69) is 34.2 Å². The first-order chi connectivity index (χ1) is 15.1. The Morgan fingerprint density at radius 2 is 1.97 bits per heavy atom. The van der Waals surface area contributed by atoms with Gasteiger partial charge in [0.15, 0.2) is 0 Å². The van der Waals surface area contributed by atoms with Gasteiger partial charge in [-0.15, -0.1) is 0 Å². The van der Waals surface area contributed by atoms with Crippen molar-refractivity contribution in [1.29, 1.82) is 5.26 Å². The molecular weight excluding hydrogens is 392 g/mol. The van der Waals surface area contributed by atoms with Crippen molar-refractivity contribution in [2.24, 2.45) is 0 Å². The van der Waals surface area contributed by atoms with Crippen LogP contribution in [-0.4, -0.2) is 30.2 Å². The summed E-state index contributed by atoms with van der Waals surface area (Å²) >= 11 is 0. The van der Waals surface area contributed by atoms with E-state index < -0.39 is 5.97 Å². The van der Waals surface area contributed by atoms with E-state index in [0.717, 1.165) is 22.7 Å². The summed E-state index contributed by atoms with van der Waals surface area (Å²) in [6.07, 6.45) is 0.529. The highest BCUT2D eigenvalue weighted by Gasteiger charge is 2.28. The molecule has 1 aromatic heterocycles. The molecule has 0 saturated heterocycles. The number of para-hydroxylation sites is 1. The lowest BCUT2D eigenvalue weighted by Gasteiger charge is -2.35. The summed E-state index contributed by atoms with van der Waals surface area (Å²) in [5, 5.41) is 29.0. The highest BCUT2D eigenvalue weighted by Crippen LogP contribution is 2.32. The van der Waals surface area contributed by atoms with Gasteiger partial charge in [0, 0.05) is 19.5 Å². The van der Waals surface area contributed by atoms with Gasteiger partial charge in [-0.2, -0.15) is 5.26 Å². The molecule has 0 radical (unpaired) electrons. The van der Waals surface area contributed by atoms with Crippen LogP contribution in [0.1, 0.15) is 28.7 Å². The normalized spacial score (nSPS) is 15.8. The van der Waals surface area contributed by atoms with E-state index in [9.17, 15) is 10.1 Å². The summed E-state index contributed by atoms with van der Waals surface area (Å²) in [6, 6.07) is 21.7. The second-order valence-corrected chi connectivity index (χ2v) is 7.50. The molecule has 2 atom stereocenters. The van der Waals surface area contributed by atoms with Crippen LogP contribution in [0.15, 0.2) is 65.1 Å². The van der Waals surface area contributed by atoms with Gasteiger partial charge >= 0.3 is 5.97 Å². The number of hydrogen-bond donors (Lipinski definition) is 4. The molecule has 4 rings (SSSR count). The minimum Gasteiger partial charge on any atom is -0.481 e. The van der Waals surface area contributed by atoms with Gasteiger partial charge in [-0.25, -0.2) is 0 Å². The molecule has 1 aliphatic heterocycles. The van der Waals surface area contributed by atoms with Gasteiger partial charge in [0.25, 0.3) is 0 Å². The Morgan fingerprint density at radius 3 is 2.74 bits per heavy atom. The van der Waals surface area contributed by atoms with Crippen LogP contribution in [0, 0.1) is 11.3 Å². The molecule has 0 bridgehead atoms. The molecule has 0 spiro atoms. The first kappa shape index (κ1) is 20.5. The van der Waals surface area contributed by atoms with E-state index in [1.165, 1.54) is 0 Å². The van der Waals surface area contributed by atoms with Crippen LogP contribution < -0.4 is 16.0 Å². The van der Waals surface area contributed by atoms with Crippen molar-refractivity contribution >= 4 is 17.3 Å². The largest absolute Gasteiger partial charge is 0.481 e. The molecule has 3 aromatic rings. The lowest BCUT2D eigenvalue weighted by molar-refractivity contribution is -0.136. The van der Waals surface area contributed by atoms with Crippen molar-refractivity contribution in [2.75, 3.05) is 23.7 Å². The van der Waals surface area contributed by atoms with E-state index >= 15 is 0 Å². The number of carboxylic acids is 1. The van der Waals surface area contributed by atoms with E-state index in [1.807, 2.05) is 42.5 Å². The Bertz CT molecular complexity index is 1090. The predicted molar refractivity (Wildman–Crippen MR) is 118 cm³/mol. The Hall–Kier alpha value is -3.76. The summed E-state index contributed by atoms with van der Waals surface area (Å²) in [5.41, 5.74) is 3.52. The number of hydrogen-bond acceptors (Lipinski definition) is 6. The van der Waals surface area contributed by atoms with Crippen LogP contribution in [0.3, 0.4) is 0 Å². The number of fused-ring (bicyclic) bond motifs is 1. The van der Waals surface area contributed by atoms with Crippen LogP contribution in [-0.2, 0) is 17.6 Å². The maximum atomic E-state index is 10.8. The fourth-order valence-electron chi connectivity index (χ4n) is 3.91. The topological polar surface area (TPSA) is 110 Å². The predicted octanol–water partition coefficient (Wildman–Crippen LogP) is 3.56. The van der Waals surface area contributed by atoms with Crippen molar-refractivity contribution in [3.8, 4) is 6.07 Å². The summed E-state index contributed by atoms with van der Waals surface area (Å²) in [4.78, 5) is 10.8. The summed E-state index contributed by atoms with van der Waals surface area (Å²) < 4.78 is 5.62. The van der Waals surface area contributed by atoms with Gasteiger partial charge < -0.3 is 25.5 Å². The zero-order valence-electron chi connectivity index (χ0n) is 17.0. The Labute approximate surface area is 180 Å². The molecule has 1 aliphatic rings. The number of nitrogens with one attached hydrogen (secondary N) is 3. The van der Waals surface area contributed by atoms with Crippen LogP contribution >= 0.6 is 0 Å². The molecule has 0 unspecified atom stereocenters. The molecule has 0 aliphatic carbocycles. The van der Waals surface area contributed by atoms with Crippen LogP contribution in [0.4, 0.5) is 11.4 Å². The Balaban J connectivity index is 1.48. The molecule has 0 amide bonds. The van der Waals surface area contributed by atoms with E-state index in [4.69, 9.17) is 9.52 Å². The van der Waals surface area contributed by atoms with Gasteiger partial charge in [-0.05, 0) is 29.8 Å². The fourth-order valence-corrected chi connectivity index (χ4v) is 3.91. The monoisotopic (exact) mass is 416 g/mol. The molecule has 0 saturated carbocycles. The zero-order chi connectivity index (χ0) is 21.6. The third kappa shape index (κ3) is 4.87. The third-order valence-corrected chi connectivity index (χ3v) is 5.37. The number of nitriles is 1. The quantitative estimate of drug-likeness (QED) is 0.444. The minimum absolute atomic E-state index is 0.00190. The molecule has 31 heavy (non-hydrogen) atoms. The van der Waals surface area contributed by atoms with E-state index in [0.29, 0.717) is 30.8 Å². The fraction of sp³-hybridized carbons (Fsp3) is 0.250. The molecular formula is C24H24N4O3. The number of furan rings is 1. The summed E-state index contributed by atoms with van der Waals surface area (Å²) in [5.74, 6) is 0.305. The van der Waals surface area contributed by atoms with Crippen LogP contribution in [0.5, 0.6) is 0 Å². The molecule has 158 valence electrons. The second-order valence-electron chi connectivity index (χ2n) is 7.50. The molecule has 2 heterocycles. The zero-order valence-corrected chi connectivity index (χ0v) is 17.0. The number of anilines is 2. The lowest BCUT2D eigenvalue weighted by Crippen LogP contribution is -2.44. The van der Waals surface area contributed by atoms with Gasteiger partial charge in [-0.1, -0.05) is 36.4 Å². The van der Waals surface area contributed by atoms with E-state index in [1.54, 1.807) is 6.07 Å². The average Bonchev–Trinajstić information content (AvgIpc) is 3.23. The molecule has 2 aromatic carbocycles. The van der Waals surface area contributed by atoms with Gasteiger partial charge in [0.2, 0.25) is 0 Å². The summed E-state index contributed by atoms with van der Waals surface area (Å²) in [6.45, 7) is 1.36. The van der Waals surface area contributed by atoms with Crippen molar-refractivity contribution in [1.82, 2.24) is 5.32 Å². The van der Waals surface area contributed by atoms with Crippen molar-refractivity contribution in [3.05, 3.63) is 83.3 Å². The maximum absolute atomic E-state index is 10.8. The van der Waals surface area contributed by atoms with Crippen LogP contribution in [0.2, 0.25) is 0 Å². The third-order valence-electron chi connectivity index (χ3n) is 5.37. The highest BCUT2D eigenvalue weighted by atomic mass is 16.4. The van der Waals surface area contributed by atoms with E-state index in [-0.39, 0.29) is 18.5 Å². The highest BCUT2D eigenvalue weighted by molar-refractivity contribution is 5.77. The van der Waals surface area contributed by atoms with Gasteiger partial charge in [-0.3, -0.25) is 4.79 Å². The minimum atomic E-state index is -0.906. The van der Waals surface area contributed by atoms with Gasteiger partial charge in [0.1, 0.15) is 24.0 Å². The maximum Gasteiger partial charge on any atom is 0.311 e. The smallest absolute Gasteiger partial charge is 0.311 e. The first-order valence-electron chi connectivity index (χ1n) is 10.3. The van der Waals surface area contributed by atoms with Crippen molar-refractivity contribution < 1.29 is 14.3 Å². The molecule has 7 nitrogen and oxygen atoms in total. The first-order valence-corrected chi connectivity index (χ1v) is 10.3. The molecule has 7 heteroatoms. The Morgan fingerprint density at radius 1 is 1.16 bits per heavy atom. The standard InChI is InChI=1S/C24H24N4O3/c25-14-17-7-4-8-20-24(17)28-21(15-27-20)23(16-5-2-1-3-6-16)26-12-11-18-9-10-19(31-18)13-22(29)30/h1-10,21,23,26-28H,11-13,15H2,(H,29,30)/t21-,23-/m1/s1.